The Morgan fingerprint density at radius 3 is 2.09 bits per heavy atom. The average Bonchev–Trinajstić information content (AvgIpc) is 2.69. The molecule has 0 N–H and O–H groups in total. The number of halogens is 9. The molecule has 3 rings (SSSR count). The van der Waals surface area contributed by atoms with Gasteiger partial charge in [0.1, 0.15) is 28.5 Å². The fourth-order valence-electron chi connectivity index (χ4n) is 3.81. The van der Waals surface area contributed by atoms with Crippen LogP contribution in [-0.2, 0) is 17.0 Å². The molecule has 0 radical (unpaired) electrons. The SMILES string of the molecule is CCCC1CCC(c2ccc(C(F)(F)Oc3cc(F)c(C(F)(F)F)c(F)c3)c(F)c2F)OC1. The minimum absolute atomic E-state index is 0.120. The number of rotatable bonds is 6. The normalized spacial score (nSPS) is 19.6. The highest BCUT2D eigenvalue weighted by molar-refractivity contribution is 5.34. The molecule has 0 saturated carbocycles. The van der Waals surface area contributed by atoms with Gasteiger partial charge in [-0.05, 0) is 31.2 Å². The summed E-state index contributed by atoms with van der Waals surface area (Å²) in [6.07, 6.45) is -8.03. The van der Waals surface area contributed by atoms with Crippen molar-refractivity contribution in [3.8, 4) is 5.75 Å². The molecule has 2 aromatic rings. The predicted molar refractivity (Wildman–Crippen MR) is 98.6 cm³/mol. The van der Waals surface area contributed by atoms with Crippen LogP contribution < -0.4 is 4.74 Å². The van der Waals surface area contributed by atoms with Crippen molar-refractivity contribution >= 4 is 0 Å². The van der Waals surface area contributed by atoms with E-state index in [4.69, 9.17) is 4.74 Å². The third-order valence-electron chi connectivity index (χ3n) is 5.38. The summed E-state index contributed by atoms with van der Waals surface area (Å²) in [5.74, 6) is -9.05. The van der Waals surface area contributed by atoms with Crippen LogP contribution in [0.2, 0.25) is 0 Å². The second-order valence-electron chi connectivity index (χ2n) is 7.76. The molecule has 2 unspecified atom stereocenters. The Kier molecular flexibility index (Phi) is 7.21. The van der Waals surface area contributed by atoms with Crippen molar-refractivity contribution in [1.29, 1.82) is 0 Å². The molecular formula is C22H19F9O2. The molecule has 0 amide bonds. The van der Waals surface area contributed by atoms with E-state index in [2.05, 4.69) is 4.74 Å². The lowest BCUT2D eigenvalue weighted by Crippen LogP contribution is -2.26. The first-order valence-electron chi connectivity index (χ1n) is 10.1. The van der Waals surface area contributed by atoms with E-state index in [1.54, 1.807) is 0 Å². The summed E-state index contributed by atoms with van der Waals surface area (Å²) < 4.78 is 133. The highest BCUT2D eigenvalue weighted by Crippen LogP contribution is 2.40. The molecule has 182 valence electrons. The van der Waals surface area contributed by atoms with Gasteiger partial charge < -0.3 is 9.47 Å². The quantitative estimate of drug-likeness (QED) is 0.391. The van der Waals surface area contributed by atoms with Gasteiger partial charge >= 0.3 is 12.3 Å². The summed E-state index contributed by atoms with van der Waals surface area (Å²) in [5.41, 5.74) is -4.16. The largest absolute Gasteiger partial charge is 0.429 e. The first-order chi connectivity index (χ1) is 15.3. The van der Waals surface area contributed by atoms with Gasteiger partial charge in [0.25, 0.3) is 0 Å². The summed E-state index contributed by atoms with van der Waals surface area (Å²) in [5, 5.41) is 0. The standard InChI is InChI=1S/C22H19F9O2/c1-2-3-11-4-7-17(32-10-11)13-5-6-14(20(26)19(13)25)22(30,31)33-12-8-15(23)18(16(24)9-12)21(27,28)29/h5-6,8-9,11,17H,2-4,7,10H2,1H3. The zero-order chi connectivity index (χ0) is 24.6. The minimum Gasteiger partial charge on any atom is -0.429 e. The smallest absolute Gasteiger partial charge is 0.429 e. The Labute approximate surface area is 183 Å². The first-order valence-corrected chi connectivity index (χ1v) is 10.1. The van der Waals surface area contributed by atoms with Crippen LogP contribution in [0.25, 0.3) is 0 Å². The predicted octanol–water partition coefficient (Wildman–Crippen LogP) is 7.66. The van der Waals surface area contributed by atoms with Crippen LogP contribution in [0.4, 0.5) is 39.5 Å². The Hall–Kier alpha value is -2.43. The van der Waals surface area contributed by atoms with E-state index in [1.165, 1.54) is 0 Å². The molecule has 0 aliphatic carbocycles. The Morgan fingerprint density at radius 2 is 1.58 bits per heavy atom. The summed E-state index contributed by atoms with van der Waals surface area (Å²) in [4.78, 5) is 0. The second-order valence-corrected chi connectivity index (χ2v) is 7.76. The van der Waals surface area contributed by atoms with Gasteiger partial charge in [0.2, 0.25) is 0 Å². The van der Waals surface area contributed by atoms with Gasteiger partial charge in [-0.2, -0.15) is 22.0 Å². The Morgan fingerprint density at radius 1 is 0.939 bits per heavy atom. The number of hydrogen-bond donors (Lipinski definition) is 0. The topological polar surface area (TPSA) is 18.5 Å². The van der Waals surface area contributed by atoms with Crippen molar-refractivity contribution in [2.45, 2.75) is 51.0 Å². The van der Waals surface area contributed by atoms with E-state index in [-0.39, 0.29) is 23.6 Å². The monoisotopic (exact) mass is 486 g/mol. The van der Waals surface area contributed by atoms with Crippen LogP contribution in [0, 0.1) is 29.2 Å². The molecule has 1 fully saturated rings. The summed E-state index contributed by atoms with van der Waals surface area (Å²) in [6, 6.07) is 1.19. The molecular weight excluding hydrogens is 467 g/mol. The van der Waals surface area contributed by atoms with Crippen LogP contribution in [0.1, 0.15) is 55.4 Å². The molecule has 1 saturated heterocycles. The summed E-state index contributed by atoms with van der Waals surface area (Å²) >= 11 is 0. The summed E-state index contributed by atoms with van der Waals surface area (Å²) in [7, 11) is 0. The van der Waals surface area contributed by atoms with E-state index in [1.807, 2.05) is 6.92 Å². The maximum atomic E-state index is 14.6. The first kappa shape index (κ1) is 25.2. The van der Waals surface area contributed by atoms with E-state index in [0.29, 0.717) is 25.5 Å². The van der Waals surface area contributed by atoms with Gasteiger partial charge in [0, 0.05) is 17.7 Å². The molecule has 1 aliphatic heterocycles. The molecule has 2 aromatic carbocycles. The molecule has 1 aliphatic rings. The maximum Gasteiger partial charge on any atom is 0.429 e. The van der Waals surface area contributed by atoms with Crippen LogP contribution in [0.5, 0.6) is 5.75 Å². The van der Waals surface area contributed by atoms with Gasteiger partial charge in [-0.25, -0.2) is 17.6 Å². The van der Waals surface area contributed by atoms with Crippen LogP contribution >= 0.6 is 0 Å². The average molecular weight is 486 g/mol. The highest BCUT2D eigenvalue weighted by Gasteiger charge is 2.42. The van der Waals surface area contributed by atoms with Crippen molar-refractivity contribution in [1.82, 2.24) is 0 Å². The van der Waals surface area contributed by atoms with Gasteiger partial charge in [0.05, 0.1) is 12.7 Å². The molecule has 0 bridgehead atoms. The third-order valence-corrected chi connectivity index (χ3v) is 5.38. The van der Waals surface area contributed by atoms with Gasteiger partial charge in [0.15, 0.2) is 11.6 Å². The van der Waals surface area contributed by atoms with Crippen molar-refractivity contribution in [3.05, 3.63) is 64.2 Å². The molecule has 11 heteroatoms. The fourth-order valence-corrected chi connectivity index (χ4v) is 3.81. The van der Waals surface area contributed by atoms with E-state index in [9.17, 15) is 39.5 Å². The maximum absolute atomic E-state index is 14.6. The van der Waals surface area contributed by atoms with Crippen LogP contribution in [-0.4, -0.2) is 6.61 Å². The number of ether oxygens (including phenoxy) is 2. The number of hydrogen-bond acceptors (Lipinski definition) is 2. The molecule has 1 heterocycles. The molecule has 0 spiro atoms. The van der Waals surface area contributed by atoms with E-state index in [0.717, 1.165) is 18.9 Å². The fraction of sp³-hybridized carbons (Fsp3) is 0.455. The number of benzene rings is 2. The summed E-state index contributed by atoms with van der Waals surface area (Å²) in [6.45, 7) is 2.31. The zero-order valence-electron chi connectivity index (χ0n) is 17.2. The Balaban J connectivity index is 1.84. The molecule has 2 nitrogen and oxygen atoms in total. The molecule has 0 aromatic heterocycles. The van der Waals surface area contributed by atoms with Crippen molar-refractivity contribution < 1.29 is 49.0 Å². The van der Waals surface area contributed by atoms with Crippen molar-refractivity contribution in [3.63, 3.8) is 0 Å². The minimum atomic E-state index is -5.42. The molecule has 2 atom stereocenters. The Bertz CT molecular complexity index is 973. The number of alkyl halides is 5. The van der Waals surface area contributed by atoms with Gasteiger partial charge in [-0.1, -0.05) is 19.4 Å². The lowest BCUT2D eigenvalue weighted by Gasteiger charge is -2.30. The van der Waals surface area contributed by atoms with Crippen LogP contribution in [0.3, 0.4) is 0 Å². The molecule has 33 heavy (non-hydrogen) atoms. The van der Waals surface area contributed by atoms with E-state index < -0.39 is 58.5 Å². The lowest BCUT2D eigenvalue weighted by atomic mass is 9.91. The highest BCUT2D eigenvalue weighted by atomic mass is 19.4. The van der Waals surface area contributed by atoms with Gasteiger partial charge in [-0.3, -0.25) is 0 Å². The van der Waals surface area contributed by atoms with Gasteiger partial charge in [-0.15, -0.1) is 0 Å². The third kappa shape index (κ3) is 5.39. The second kappa shape index (κ2) is 9.44. The lowest BCUT2D eigenvalue weighted by molar-refractivity contribution is -0.188. The van der Waals surface area contributed by atoms with Crippen molar-refractivity contribution in [2.75, 3.05) is 6.61 Å². The zero-order valence-corrected chi connectivity index (χ0v) is 17.2. The van der Waals surface area contributed by atoms with E-state index >= 15 is 0 Å². The van der Waals surface area contributed by atoms with Crippen molar-refractivity contribution in [2.24, 2.45) is 5.92 Å². The van der Waals surface area contributed by atoms with Crippen LogP contribution in [0.15, 0.2) is 24.3 Å².